The summed E-state index contributed by atoms with van der Waals surface area (Å²) in [5.41, 5.74) is -3.07. The molecule has 114 valence electrons. The van der Waals surface area contributed by atoms with E-state index in [-0.39, 0.29) is 31.8 Å². The van der Waals surface area contributed by atoms with Crippen LogP contribution in [0.3, 0.4) is 0 Å². The summed E-state index contributed by atoms with van der Waals surface area (Å²) in [5, 5.41) is 10.2. The van der Waals surface area contributed by atoms with Crippen molar-refractivity contribution in [3.8, 4) is 0 Å². The van der Waals surface area contributed by atoms with E-state index in [1.807, 2.05) is 13.8 Å². The molecule has 0 bridgehead atoms. The standard InChI is InChI=1S/C9H21NO7P2/c1-7(2)9(11)3-5-10(6-4-9)8(18(12,13)14)19(15,16)17/h7-8,11H,3-6H2,1-2H3,(H2,12,13,14)(H2,15,16,17). The van der Waals surface area contributed by atoms with Crippen molar-refractivity contribution in [1.29, 1.82) is 0 Å². The smallest absolute Gasteiger partial charge is 0.354 e. The van der Waals surface area contributed by atoms with Gasteiger partial charge in [0, 0.05) is 13.1 Å². The molecule has 0 saturated carbocycles. The zero-order valence-electron chi connectivity index (χ0n) is 10.9. The number of aliphatic hydroxyl groups is 1. The van der Waals surface area contributed by atoms with Crippen molar-refractivity contribution in [2.24, 2.45) is 5.92 Å². The molecule has 0 radical (unpaired) electrons. The lowest BCUT2D eigenvalue weighted by Gasteiger charge is -2.43. The van der Waals surface area contributed by atoms with Gasteiger partial charge in [-0.2, -0.15) is 0 Å². The predicted molar refractivity (Wildman–Crippen MR) is 68.5 cm³/mol. The van der Waals surface area contributed by atoms with Crippen LogP contribution < -0.4 is 0 Å². The molecule has 0 aromatic rings. The molecule has 0 atom stereocenters. The highest BCUT2D eigenvalue weighted by molar-refractivity contribution is 7.70. The van der Waals surface area contributed by atoms with Crippen LogP contribution in [0.15, 0.2) is 0 Å². The molecule has 0 aromatic carbocycles. The van der Waals surface area contributed by atoms with Crippen LogP contribution >= 0.6 is 15.2 Å². The molecule has 0 unspecified atom stereocenters. The van der Waals surface area contributed by atoms with Crippen molar-refractivity contribution in [3.05, 3.63) is 0 Å². The molecule has 1 saturated heterocycles. The van der Waals surface area contributed by atoms with Crippen LogP contribution in [0, 0.1) is 5.92 Å². The number of hydrogen-bond acceptors (Lipinski definition) is 4. The Morgan fingerprint density at radius 1 is 1.00 bits per heavy atom. The Labute approximate surface area is 111 Å². The minimum atomic E-state index is -4.95. The Morgan fingerprint density at radius 3 is 1.63 bits per heavy atom. The summed E-state index contributed by atoms with van der Waals surface area (Å²) in [6.45, 7) is 3.74. The highest BCUT2D eigenvalue weighted by atomic mass is 31.2. The quantitative estimate of drug-likeness (QED) is 0.460. The molecule has 1 rings (SSSR count). The van der Waals surface area contributed by atoms with Crippen molar-refractivity contribution in [2.75, 3.05) is 13.1 Å². The Balaban J connectivity index is 2.88. The van der Waals surface area contributed by atoms with Crippen molar-refractivity contribution in [1.82, 2.24) is 4.90 Å². The summed E-state index contributed by atoms with van der Waals surface area (Å²) < 4.78 is 22.5. The number of nitrogens with zero attached hydrogens (tertiary/aromatic N) is 1. The summed E-state index contributed by atoms with van der Waals surface area (Å²) in [5.74, 6) is -0.0294. The summed E-state index contributed by atoms with van der Waals surface area (Å²) in [6, 6.07) is 0. The third-order valence-corrected chi connectivity index (χ3v) is 7.33. The van der Waals surface area contributed by atoms with Gasteiger partial charge in [-0.3, -0.25) is 14.0 Å². The molecule has 10 heteroatoms. The summed E-state index contributed by atoms with van der Waals surface area (Å²) >= 11 is 0. The first-order valence-electron chi connectivity index (χ1n) is 5.95. The van der Waals surface area contributed by atoms with Crippen molar-refractivity contribution >= 4 is 15.2 Å². The number of piperidine rings is 1. The van der Waals surface area contributed by atoms with Gasteiger partial charge >= 0.3 is 15.2 Å². The normalized spacial score (nSPS) is 22.2. The second-order valence-electron chi connectivity index (χ2n) is 5.32. The van der Waals surface area contributed by atoms with E-state index in [0.29, 0.717) is 0 Å². The lowest BCUT2D eigenvalue weighted by atomic mass is 9.82. The van der Waals surface area contributed by atoms with Crippen LogP contribution in [0.25, 0.3) is 0 Å². The Kier molecular flexibility index (Phi) is 5.04. The Morgan fingerprint density at radius 2 is 1.37 bits per heavy atom. The van der Waals surface area contributed by atoms with Crippen LogP contribution in [0.2, 0.25) is 0 Å². The van der Waals surface area contributed by atoms with Crippen molar-refractivity contribution in [2.45, 2.75) is 37.8 Å². The number of likely N-dealkylation sites (tertiary alicyclic amines) is 1. The molecule has 0 aliphatic carbocycles. The van der Waals surface area contributed by atoms with Gasteiger partial charge in [0.2, 0.25) is 5.52 Å². The monoisotopic (exact) mass is 317 g/mol. The van der Waals surface area contributed by atoms with Crippen molar-refractivity contribution in [3.63, 3.8) is 0 Å². The van der Waals surface area contributed by atoms with Gasteiger partial charge in [0.25, 0.3) is 0 Å². The van der Waals surface area contributed by atoms with Crippen LogP contribution in [0.5, 0.6) is 0 Å². The SMILES string of the molecule is CC(C)C1(O)CCN(C(P(=O)(O)O)P(=O)(O)O)CC1. The maximum atomic E-state index is 11.3. The topological polar surface area (TPSA) is 139 Å². The first-order valence-corrected chi connectivity index (χ1v) is 9.31. The molecule has 0 amide bonds. The summed E-state index contributed by atoms with van der Waals surface area (Å²) in [7, 11) is -9.90. The molecule has 0 aromatic heterocycles. The zero-order valence-corrected chi connectivity index (χ0v) is 12.7. The van der Waals surface area contributed by atoms with Gasteiger partial charge < -0.3 is 24.7 Å². The molecule has 1 aliphatic rings. The Bertz CT molecular complexity index is 385. The molecular formula is C9H21NO7P2. The zero-order chi connectivity index (χ0) is 15.1. The third-order valence-electron chi connectivity index (χ3n) is 3.67. The second kappa shape index (κ2) is 5.54. The van der Waals surface area contributed by atoms with Crippen LogP contribution in [0.4, 0.5) is 0 Å². The molecular weight excluding hydrogens is 296 g/mol. The van der Waals surface area contributed by atoms with Gasteiger partial charge in [-0.25, -0.2) is 0 Å². The van der Waals surface area contributed by atoms with Gasteiger partial charge in [-0.1, -0.05) is 13.8 Å². The van der Waals surface area contributed by atoms with Gasteiger partial charge in [-0.05, 0) is 18.8 Å². The van der Waals surface area contributed by atoms with E-state index >= 15 is 0 Å². The summed E-state index contributed by atoms with van der Waals surface area (Å²) in [4.78, 5) is 37.6. The second-order valence-corrected chi connectivity index (χ2v) is 9.06. The number of hydrogen-bond donors (Lipinski definition) is 5. The minimum absolute atomic E-state index is 0.0294. The predicted octanol–water partition coefficient (Wildman–Crippen LogP) is 0.108. The van der Waals surface area contributed by atoms with E-state index in [0.717, 1.165) is 4.90 Å². The fourth-order valence-corrected chi connectivity index (χ4v) is 5.22. The van der Waals surface area contributed by atoms with E-state index in [1.54, 1.807) is 0 Å². The van der Waals surface area contributed by atoms with Crippen LogP contribution in [-0.2, 0) is 9.13 Å². The minimum Gasteiger partial charge on any atom is -0.390 e. The maximum Gasteiger partial charge on any atom is 0.354 e. The maximum absolute atomic E-state index is 11.3. The third kappa shape index (κ3) is 4.09. The van der Waals surface area contributed by atoms with Gasteiger partial charge in [-0.15, -0.1) is 0 Å². The van der Waals surface area contributed by atoms with Gasteiger partial charge in [0.05, 0.1) is 5.60 Å². The van der Waals surface area contributed by atoms with Crippen LogP contribution in [-0.4, -0.2) is 53.8 Å². The average Bonchev–Trinajstić information content (AvgIpc) is 2.17. The molecule has 19 heavy (non-hydrogen) atoms. The van der Waals surface area contributed by atoms with E-state index in [9.17, 15) is 14.2 Å². The van der Waals surface area contributed by atoms with E-state index in [2.05, 4.69) is 0 Å². The van der Waals surface area contributed by atoms with Crippen molar-refractivity contribution < 1.29 is 33.8 Å². The fraction of sp³-hybridized carbons (Fsp3) is 1.00. The van der Waals surface area contributed by atoms with Gasteiger partial charge in [0.15, 0.2) is 0 Å². The van der Waals surface area contributed by atoms with Gasteiger partial charge in [0.1, 0.15) is 0 Å². The molecule has 5 N–H and O–H groups in total. The highest BCUT2D eigenvalue weighted by Gasteiger charge is 2.50. The average molecular weight is 317 g/mol. The molecule has 1 fully saturated rings. The van der Waals surface area contributed by atoms with E-state index in [4.69, 9.17) is 19.6 Å². The lowest BCUT2D eigenvalue weighted by molar-refractivity contribution is -0.0570. The van der Waals surface area contributed by atoms with E-state index < -0.39 is 26.3 Å². The molecule has 1 aliphatic heterocycles. The first-order chi connectivity index (χ1) is 8.38. The Hall–Kier alpha value is 0.220. The van der Waals surface area contributed by atoms with E-state index in [1.165, 1.54) is 0 Å². The molecule has 0 spiro atoms. The largest absolute Gasteiger partial charge is 0.390 e. The number of rotatable bonds is 4. The highest BCUT2D eigenvalue weighted by Crippen LogP contribution is 2.61. The lowest BCUT2D eigenvalue weighted by Crippen LogP contribution is -2.50. The van der Waals surface area contributed by atoms with Crippen LogP contribution in [0.1, 0.15) is 26.7 Å². The summed E-state index contributed by atoms with van der Waals surface area (Å²) in [6.07, 6.45) is 0.447. The molecule has 1 heterocycles. The first kappa shape index (κ1) is 17.3. The fourth-order valence-electron chi connectivity index (χ4n) is 2.34. The molecule has 8 nitrogen and oxygen atoms in total.